The number of carbonyl (C=O) groups is 2. The first-order valence-corrected chi connectivity index (χ1v) is 9.53. The molecule has 2 aliphatic rings. The van der Waals surface area contributed by atoms with Crippen molar-refractivity contribution in [2.45, 2.75) is 18.9 Å². The van der Waals surface area contributed by atoms with Crippen LogP contribution in [0.1, 0.15) is 23.7 Å². The van der Waals surface area contributed by atoms with Gasteiger partial charge in [0.15, 0.2) is 0 Å². The third-order valence-corrected chi connectivity index (χ3v) is 5.50. The summed E-state index contributed by atoms with van der Waals surface area (Å²) in [5, 5.41) is 0. The molecule has 1 saturated heterocycles. The fourth-order valence-electron chi connectivity index (χ4n) is 4.04. The SMILES string of the molecule is CN(C[C@H]1OCCc2ccccc21)C(=O)[C@H]1CC(=O)N(c2cccc(F)c2)C1. The molecule has 2 aromatic rings. The molecule has 146 valence electrons. The quantitative estimate of drug-likeness (QED) is 0.817. The van der Waals surface area contributed by atoms with E-state index in [1.807, 2.05) is 18.2 Å². The predicted octanol–water partition coefficient (Wildman–Crippen LogP) is 2.95. The average Bonchev–Trinajstić information content (AvgIpc) is 3.09. The maximum absolute atomic E-state index is 13.5. The third kappa shape index (κ3) is 3.64. The number of likely N-dealkylation sites (N-methyl/N-ethyl adjacent to an activating group) is 1. The Hall–Kier alpha value is -2.73. The van der Waals surface area contributed by atoms with Gasteiger partial charge in [-0.2, -0.15) is 0 Å². The minimum atomic E-state index is -0.431. The van der Waals surface area contributed by atoms with E-state index in [0.29, 0.717) is 18.8 Å². The van der Waals surface area contributed by atoms with Gasteiger partial charge in [0.25, 0.3) is 0 Å². The molecular weight excluding hydrogens is 359 g/mol. The number of nitrogens with zero attached hydrogens (tertiary/aromatic N) is 2. The molecule has 28 heavy (non-hydrogen) atoms. The molecule has 0 unspecified atom stereocenters. The molecule has 6 heteroatoms. The van der Waals surface area contributed by atoms with Crippen LogP contribution in [0.15, 0.2) is 48.5 Å². The minimum absolute atomic E-state index is 0.0843. The monoisotopic (exact) mass is 382 g/mol. The highest BCUT2D eigenvalue weighted by atomic mass is 19.1. The lowest BCUT2D eigenvalue weighted by molar-refractivity contribution is -0.136. The summed E-state index contributed by atoms with van der Waals surface area (Å²) in [7, 11) is 1.75. The number of halogens is 1. The Bertz CT molecular complexity index is 901. The van der Waals surface area contributed by atoms with Crippen molar-refractivity contribution >= 4 is 17.5 Å². The smallest absolute Gasteiger partial charge is 0.227 e. The van der Waals surface area contributed by atoms with E-state index < -0.39 is 11.7 Å². The lowest BCUT2D eigenvalue weighted by Crippen LogP contribution is -2.38. The molecule has 2 atom stereocenters. The second-order valence-electron chi connectivity index (χ2n) is 7.41. The van der Waals surface area contributed by atoms with Crippen LogP contribution in [0.25, 0.3) is 0 Å². The number of amides is 2. The second-order valence-corrected chi connectivity index (χ2v) is 7.41. The largest absolute Gasteiger partial charge is 0.371 e. The van der Waals surface area contributed by atoms with E-state index in [-0.39, 0.29) is 30.9 Å². The molecule has 2 amide bonds. The number of hydrogen-bond acceptors (Lipinski definition) is 3. The highest BCUT2D eigenvalue weighted by molar-refractivity contribution is 6.00. The molecule has 0 spiro atoms. The van der Waals surface area contributed by atoms with Crippen molar-refractivity contribution in [1.29, 1.82) is 0 Å². The fourth-order valence-corrected chi connectivity index (χ4v) is 4.04. The maximum Gasteiger partial charge on any atom is 0.227 e. The third-order valence-electron chi connectivity index (χ3n) is 5.50. The Kier molecular flexibility index (Phi) is 5.13. The molecule has 4 rings (SSSR count). The molecule has 0 saturated carbocycles. The zero-order valence-electron chi connectivity index (χ0n) is 15.8. The summed E-state index contributed by atoms with van der Waals surface area (Å²) in [5.41, 5.74) is 2.87. The van der Waals surface area contributed by atoms with E-state index in [1.165, 1.54) is 22.6 Å². The molecule has 0 N–H and O–H groups in total. The molecule has 2 aromatic carbocycles. The highest BCUT2D eigenvalue weighted by Crippen LogP contribution is 2.30. The summed E-state index contributed by atoms with van der Waals surface area (Å²) in [6, 6.07) is 14.0. The molecule has 1 fully saturated rings. The fraction of sp³-hybridized carbons (Fsp3) is 0.364. The van der Waals surface area contributed by atoms with Crippen LogP contribution in [0.4, 0.5) is 10.1 Å². The van der Waals surface area contributed by atoms with Crippen molar-refractivity contribution in [3.63, 3.8) is 0 Å². The summed E-state index contributed by atoms with van der Waals surface area (Å²) < 4.78 is 19.4. The van der Waals surface area contributed by atoms with Crippen molar-refractivity contribution < 1.29 is 18.7 Å². The van der Waals surface area contributed by atoms with Gasteiger partial charge in [-0.15, -0.1) is 0 Å². The Labute approximate surface area is 163 Å². The van der Waals surface area contributed by atoms with Crippen LogP contribution >= 0.6 is 0 Å². The molecular formula is C22H23FN2O3. The van der Waals surface area contributed by atoms with Gasteiger partial charge in [-0.25, -0.2) is 4.39 Å². The van der Waals surface area contributed by atoms with E-state index >= 15 is 0 Å². The summed E-state index contributed by atoms with van der Waals surface area (Å²) >= 11 is 0. The molecule has 2 aliphatic heterocycles. The van der Waals surface area contributed by atoms with E-state index in [0.717, 1.165) is 12.0 Å². The lowest BCUT2D eigenvalue weighted by atomic mass is 9.97. The Morgan fingerprint density at radius 2 is 2.07 bits per heavy atom. The Morgan fingerprint density at radius 3 is 2.89 bits per heavy atom. The predicted molar refractivity (Wildman–Crippen MR) is 103 cm³/mol. The van der Waals surface area contributed by atoms with Crippen LogP contribution in [0.5, 0.6) is 0 Å². The van der Waals surface area contributed by atoms with Gasteiger partial charge in [0.05, 0.1) is 19.1 Å². The van der Waals surface area contributed by atoms with Crippen LogP contribution in [0.2, 0.25) is 0 Å². The van der Waals surface area contributed by atoms with Crippen LogP contribution in [-0.2, 0) is 20.7 Å². The van der Waals surface area contributed by atoms with Crippen molar-refractivity contribution in [2.75, 3.05) is 31.6 Å². The zero-order chi connectivity index (χ0) is 19.7. The van der Waals surface area contributed by atoms with E-state index in [4.69, 9.17) is 4.74 Å². The van der Waals surface area contributed by atoms with Crippen molar-refractivity contribution in [3.05, 3.63) is 65.5 Å². The standard InChI is InChI=1S/C22H23FN2O3/c1-24(14-20-19-8-3-2-5-15(19)9-10-28-20)22(27)16-11-21(26)25(13-16)18-7-4-6-17(23)12-18/h2-8,12,16,20H,9-11,13-14H2,1H3/t16-,20+/m0/s1. The van der Waals surface area contributed by atoms with Crippen LogP contribution in [0.3, 0.4) is 0 Å². The van der Waals surface area contributed by atoms with E-state index in [1.54, 1.807) is 24.1 Å². The number of ether oxygens (including phenoxy) is 1. The normalized spacial score (nSPS) is 21.5. The van der Waals surface area contributed by atoms with Crippen LogP contribution in [0, 0.1) is 11.7 Å². The zero-order valence-corrected chi connectivity index (χ0v) is 15.8. The summed E-state index contributed by atoms with van der Waals surface area (Å²) in [5.74, 6) is -1.07. The maximum atomic E-state index is 13.5. The van der Waals surface area contributed by atoms with Gasteiger partial charge >= 0.3 is 0 Å². The van der Waals surface area contributed by atoms with Gasteiger partial charge in [-0.3, -0.25) is 9.59 Å². The van der Waals surface area contributed by atoms with Gasteiger partial charge in [0.2, 0.25) is 11.8 Å². The molecule has 2 heterocycles. The highest BCUT2D eigenvalue weighted by Gasteiger charge is 2.37. The molecule has 0 aromatic heterocycles. The van der Waals surface area contributed by atoms with Crippen LogP contribution in [-0.4, -0.2) is 43.5 Å². The van der Waals surface area contributed by atoms with Gasteiger partial charge in [-0.05, 0) is 35.7 Å². The minimum Gasteiger partial charge on any atom is -0.371 e. The second kappa shape index (κ2) is 7.72. The lowest BCUT2D eigenvalue weighted by Gasteiger charge is -2.30. The van der Waals surface area contributed by atoms with Gasteiger partial charge in [-0.1, -0.05) is 30.3 Å². The van der Waals surface area contributed by atoms with Crippen molar-refractivity contribution in [1.82, 2.24) is 4.90 Å². The van der Waals surface area contributed by atoms with Gasteiger partial charge in [0.1, 0.15) is 11.9 Å². The molecule has 0 radical (unpaired) electrons. The number of anilines is 1. The Balaban J connectivity index is 1.43. The summed E-state index contributed by atoms with van der Waals surface area (Å²) in [6.07, 6.45) is 0.863. The number of rotatable bonds is 4. The average molecular weight is 382 g/mol. The van der Waals surface area contributed by atoms with E-state index in [9.17, 15) is 14.0 Å². The Morgan fingerprint density at radius 1 is 1.25 bits per heavy atom. The first kappa shape index (κ1) is 18.6. The first-order valence-electron chi connectivity index (χ1n) is 9.53. The molecule has 5 nitrogen and oxygen atoms in total. The van der Waals surface area contributed by atoms with Crippen molar-refractivity contribution in [3.8, 4) is 0 Å². The number of hydrogen-bond donors (Lipinski definition) is 0. The molecule has 0 aliphatic carbocycles. The summed E-state index contributed by atoms with van der Waals surface area (Å²) in [6.45, 7) is 1.35. The topological polar surface area (TPSA) is 49.9 Å². The summed E-state index contributed by atoms with van der Waals surface area (Å²) in [4.78, 5) is 28.5. The van der Waals surface area contributed by atoms with E-state index in [2.05, 4.69) is 6.07 Å². The van der Waals surface area contributed by atoms with Crippen LogP contribution < -0.4 is 4.90 Å². The number of fused-ring (bicyclic) bond motifs is 1. The van der Waals surface area contributed by atoms with Crippen molar-refractivity contribution in [2.24, 2.45) is 5.92 Å². The first-order chi connectivity index (χ1) is 13.5. The molecule has 0 bridgehead atoms. The number of benzene rings is 2. The van der Waals surface area contributed by atoms with Gasteiger partial charge < -0.3 is 14.5 Å². The van der Waals surface area contributed by atoms with Gasteiger partial charge in [0, 0.05) is 25.7 Å². The number of carbonyl (C=O) groups excluding carboxylic acids is 2.